The Morgan fingerprint density at radius 2 is 1.88 bits per heavy atom. The molecule has 1 heterocycles. The van der Waals surface area contributed by atoms with Crippen molar-refractivity contribution in [3.8, 4) is 6.07 Å². The SMILES string of the molecule is N#Cc1cccnc1Nc1cc(F)cc(F)c1. The van der Waals surface area contributed by atoms with Crippen LogP contribution in [0, 0.1) is 23.0 Å². The third kappa shape index (κ3) is 2.55. The average Bonchev–Trinajstić information content (AvgIpc) is 2.28. The lowest BCUT2D eigenvalue weighted by Crippen LogP contribution is -1.97. The van der Waals surface area contributed by atoms with Gasteiger partial charge in [0.1, 0.15) is 23.5 Å². The third-order valence-electron chi connectivity index (χ3n) is 2.05. The van der Waals surface area contributed by atoms with Crippen LogP contribution in [0.3, 0.4) is 0 Å². The highest BCUT2D eigenvalue weighted by atomic mass is 19.1. The Morgan fingerprint density at radius 3 is 2.53 bits per heavy atom. The van der Waals surface area contributed by atoms with E-state index in [0.29, 0.717) is 5.56 Å². The lowest BCUT2D eigenvalue weighted by atomic mass is 10.2. The second kappa shape index (κ2) is 4.58. The molecule has 1 N–H and O–H groups in total. The second-order valence-electron chi connectivity index (χ2n) is 3.29. The van der Waals surface area contributed by atoms with Crippen LogP contribution in [0.5, 0.6) is 0 Å². The van der Waals surface area contributed by atoms with E-state index in [1.165, 1.54) is 6.20 Å². The molecule has 2 aromatic rings. The predicted octanol–water partition coefficient (Wildman–Crippen LogP) is 2.98. The molecule has 0 saturated carbocycles. The van der Waals surface area contributed by atoms with Crippen molar-refractivity contribution in [1.29, 1.82) is 5.26 Å². The number of benzene rings is 1. The molecule has 0 spiro atoms. The van der Waals surface area contributed by atoms with Crippen LogP contribution in [-0.2, 0) is 0 Å². The smallest absolute Gasteiger partial charge is 0.148 e. The minimum Gasteiger partial charge on any atom is -0.339 e. The number of nitrogens with zero attached hydrogens (tertiary/aromatic N) is 2. The van der Waals surface area contributed by atoms with Crippen molar-refractivity contribution in [2.24, 2.45) is 0 Å². The van der Waals surface area contributed by atoms with Gasteiger partial charge in [0.15, 0.2) is 0 Å². The van der Waals surface area contributed by atoms with Gasteiger partial charge in [-0.1, -0.05) is 0 Å². The first-order valence-corrected chi connectivity index (χ1v) is 4.77. The van der Waals surface area contributed by atoms with Crippen molar-refractivity contribution < 1.29 is 8.78 Å². The van der Waals surface area contributed by atoms with Crippen LogP contribution < -0.4 is 5.32 Å². The van der Waals surface area contributed by atoms with Crippen molar-refractivity contribution in [3.63, 3.8) is 0 Å². The number of anilines is 2. The molecular formula is C12H7F2N3. The normalized spacial score (nSPS) is 9.71. The molecule has 0 aliphatic carbocycles. The van der Waals surface area contributed by atoms with Crippen molar-refractivity contribution >= 4 is 11.5 Å². The third-order valence-corrected chi connectivity index (χ3v) is 2.05. The lowest BCUT2D eigenvalue weighted by molar-refractivity contribution is 0.584. The fraction of sp³-hybridized carbons (Fsp3) is 0. The zero-order chi connectivity index (χ0) is 12.3. The number of aromatic nitrogens is 1. The molecule has 0 saturated heterocycles. The van der Waals surface area contributed by atoms with Gasteiger partial charge in [-0.2, -0.15) is 5.26 Å². The van der Waals surface area contributed by atoms with Gasteiger partial charge in [0, 0.05) is 18.0 Å². The van der Waals surface area contributed by atoms with Crippen molar-refractivity contribution in [3.05, 3.63) is 53.7 Å². The van der Waals surface area contributed by atoms with Gasteiger partial charge < -0.3 is 5.32 Å². The van der Waals surface area contributed by atoms with E-state index < -0.39 is 11.6 Å². The maximum atomic E-state index is 12.9. The van der Waals surface area contributed by atoms with Crippen molar-refractivity contribution in [2.45, 2.75) is 0 Å². The number of nitrogens with one attached hydrogen (secondary N) is 1. The highest BCUT2D eigenvalue weighted by Crippen LogP contribution is 2.19. The zero-order valence-corrected chi connectivity index (χ0v) is 8.61. The standard InChI is InChI=1S/C12H7F2N3/c13-9-4-10(14)6-11(5-9)17-12-8(7-15)2-1-3-16-12/h1-6H,(H,16,17). The summed E-state index contributed by atoms with van der Waals surface area (Å²) in [6.07, 6.45) is 1.48. The van der Waals surface area contributed by atoms with E-state index in [1.807, 2.05) is 6.07 Å². The second-order valence-corrected chi connectivity index (χ2v) is 3.29. The Balaban J connectivity index is 2.35. The molecule has 0 atom stereocenters. The summed E-state index contributed by atoms with van der Waals surface area (Å²) in [5, 5.41) is 11.5. The van der Waals surface area contributed by atoms with Gasteiger partial charge in [0.05, 0.1) is 5.56 Å². The number of hydrogen-bond donors (Lipinski definition) is 1. The number of rotatable bonds is 2. The molecule has 1 aromatic heterocycles. The summed E-state index contributed by atoms with van der Waals surface area (Å²) in [5.74, 6) is -1.12. The summed E-state index contributed by atoms with van der Waals surface area (Å²) in [5.41, 5.74) is 0.509. The lowest BCUT2D eigenvalue weighted by Gasteiger charge is -2.06. The van der Waals surface area contributed by atoms with Crippen LogP contribution in [0.1, 0.15) is 5.56 Å². The maximum Gasteiger partial charge on any atom is 0.148 e. The topological polar surface area (TPSA) is 48.7 Å². The molecule has 0 aliphatic rings. The molecule has 2 rings (SSSR count). The summed E-state index contributed by atoms with van der Waals surface area (Å²) < 4.78 is 25.9. The molecule has 0 fully saturated rings. The van der Waals surface area contributed by atoms with Crippen LogP contribution in [0.2, 0.25) is 0 Å². The Kier molecular flexibility index (Phi) is 2.97. The molecule has 1 aromatic carbocycles. The van der Waals surface area contributed by atoms with E-state index in [0.717, 1.165) is 18.2 Å². The molecule has 84 valence electrons. The largest absolute Gasteiger partial charge is 0.339 e. The average molecular weight is 231 g/mol. The van der Waals surface area contributed by atoms with Gasteiger partial charge >= 0.3 is 0 Å². The van der Waals surface area contributed by atoms with Gasteiger partial charge in [-0.05, 0) is 24.3 Å². The van der Waals surface area contributed by atoms with Crippen molar-refractivity contribution in [1.82, 2.24) is 4.98 Å². The van der Waals surface area contributed by atoms with E-state index in [1.54, 1.807) is 12.1 Å². The van der Waals surface area contributed by atoms with Crippen LogP contribution in [0.4, 0.5) is 20.3 Å². The van der Waals surface area contributed by atoms with Crippen LogP contribution in [0.15, 0.2) is 36.5 Å². The maximum absolute atomic E-state index is 12.9. The first-order chi connectivity index (χ1) is 8.19. The molecule has 0 unspecified atom stereocenters. The Hall–Kier alpha value is -2.48. The number of nitriles is 1. The summed E-state index contributed by atoms with van der Waals surface area (Å²) in [6, 6.07) is 8.12. The van der Waals surface area contributed by atoms with Gasteiger partial charge in [0.2, 0.25) is 0 Å². The molecule has 0 radical (unpaired) electrons. The van der Waals surface area contributed by atoms with E-state index >= 15 is 0 Å². The Morgan fingerprint density at radius 1 is 1.18 bits per heavy atom. The highest BCUT2D eigenvalue weighted by molar-refractivity contribution is 5.62. The van der Waals surface area contributed by atoms with E-state index in [9.17, 15) is 8.78 Å². The fourth-order valence-electron chi connectivity index (χ4n) is 1.36. The van der Waals surface area contributed by atoms with Crippen LogP contribution >= 0.6 is 0 Å². The number of pyridine rings is 1. The summed E-state index contributed by atoms with van der Waals surface area (Å²) >= 11 is 0. The van der Waals surface area contributed by atoms with Crippen LogP contribution in [-0.4, -0.2) is 4.98 Å². The van der Waals surface area contributed by atoms with Gasteiger partial charge in [-0.3, -0.25) is 0 Å². The summed E-state index contributed by atoms with van der Waals surface area (Å²) in [4.78, 5) is 3.93. The molecule has 17 heavy (non-hydrogen) atoms. The highest BCUT2D eigenvalue weighted by Gasteiger charge is 2.05. The molecule has 0 amide bonds. The number of halogens is 2. The van der Waals surface area contributed by atoms with Gasteiger partial charge in [-0.25, -0.2) is 13.8 Å². The molecule has 3 nitrogen and oxygen atoms in total. The minimum absolute atomic E-state index is 0.206. The Labute approximate surface area is 96.3 Å². The fourth-order valence-corrected chi connectivity index (χ4v) is 1.36. The quantitative estimate of drug-likeness (QED) is 0.864. The van der Waals surface area contributed by atoms with Gasteiger partial charge in [0.25, 0.3) is 0 Å². The van der Waals surface area contributed by atoms with E-state index in [4.69, 9.17) is 5.26 Å². The van der Waals surface area contributed by atoms with Crippen molar-refractivity contribution in [2.75, 3.05) is 5.32 Å². The zero-order valence-electron chi connectivity index (χ0n) is 8.61. The first-order valence-electron chi connectivity index (χ1n) is 4.77. The summed E-state index contributed by atoms with van der Waals surface area (Å²) in [7, 11) is 0. The first kappa shape index (κ1) is 11.0. The molecule has 0 aliphatic heterocycles. The van der Waals surface area contributed by atoms with Gasteiger partial charge in [-0.15, -0.1) is 0 Å². The molecular weight excluding hydrogens is 224 g/mol. The minimum atomic E-state index is -0.693. The van der Waals surface area contributed by atoms with E-state index in [-0.39, 0.29) is 11.5 Å². The number of hydrogen-bond acceptors (Lipinski definition) is 3. The predicted molar refractivity (Wildman–Crippen MR) is 58.6 cm³/mol. The monoisotopic (exact) mass is 231 g/mol. The molecule has 5 heteroatoms. The summed E-state index contributed by atoms with van der Waals surface area (Å²) in [6.45, 7) is 0. The van der Waals surface area contributed by atoms with Crippen LogP contribution in [0.25, 0.3) is 0 Å². The molecule has 0 bridgehead atoms. The Bertz CT molecular complexity index is 570. The van der Waals surface area contributed by atoms with E-state index in [2.05, 4.69) is 10.3 Å².